The average Bonchev–Trinajstić information content (AvgIpc) is 3.11. The third-order valence-corrected chi connectivity index (χ3v) is 4.20. The number of ether oxygens (including phenoxy) is 2. The van der Waals surface area contributed by atoms with E-state index in [2.05, 4.69) is 25.1 Å². The van der Waals surface area contributed by atoms with E-state index in [1.165, 1.54) is 6.07 Å². The normalized spacial score (nSPS) is 17.7. The number of anilines is 1. The second-order valence-electron chi connectivity index (χ2n) is 6.44. The van der Waals surface area contributed by atoms with Gasteiger partial charge in [0.25, 0.3) is 0 Å². The molecule has 0 saturated carbocycles. The van der Waals surface area contributed by atoms with E-state index >= 15 is 0 Å². The van der Waals surface area contributed by atoms with Crippen molar-refractivity contribution in [3.05, 3.63) is 24.3 Å². The minimum absolute atomic E-state index is 0.0123. The first kappa shape index (κ1) is 23.0. The van der Waals surface area contributed by atoms with Gasteiger partial charge in [0.15, 0.2) is 5.96 Å². The molecule has 0 bridgehead atoms. The topological polar surface area (TPSA) is 58.1 Å². The van der Waals surface area contributed by atoms with E-state index in [9.17, 15) is 22.0 Å². The lowest BCUT2D eigenvalue weighted by molar-refractivity contribution is -0.173. The van der Waals surface area contributed by atoms with E-state index in [0.29, 0.717) is 37.7 Å². The SMILES string of the molecule is CN=C(NCCCOCC(F)(F)F)NC1CCN(c2ccccc2OC(F)F)C1. The maximum absolute atomic E-state index is 12.6. The summed E-state index contributed by atoms with van der Waals surface area (Å²) in [5, 5.41) is 6.25. The zero-order chi connectivity index (χ0) is 21.3. The van der Waals surface area contributed by atoms with Crippen LogP contribution in [0.15, 0.2) is 29.3 Å². The number of nitrogens with zero attached hydrogens (tertiary/aromatic N) is 2. The van der Waals surface area contributed by atoms with Gasteiger partial charge in [0.1, 0.15) is 12.4 Å². The number of guanidine groups is 1. The molecule has 29 heavy (non-hydrogen) atoms. The van der Waals surface area contributed by atoms with Crippen LogP contribution in [0.2, 0.25) is 0 Å². The van der Waals surface area contributed by atoms with Crippen molar-refractivity contribution in [3.8, 4) is 5.75 Å². The fourth-order valence-corrected chi connectivity index (χ4v) is 2.97. The van der Waals surface area contributed by atoms with E-state index in [1.54, 1.807) is 25.2 Å². The van der Waals surface area contributed by atoms with Crippen molar-refractivity contribution in [1.29, 1.82) is 0 Å². The van der Waals surface area contributed by atoms with Crippen LogP contribution in [-0.2, 0) is 4.74 Å². The van der Waals surface area contributed by atoms with Crippen molar-refractivity contribution in [3.63, 3.8) is 0 Å². The predicted molar refractivity (Wildman–Crippen MR) is 99.7 cm³/mol. The number of halogens is 5. The highest BCUT2D eigenvalue weighted by Gasteiger charge is 2.27. The molecular weight excluding hydrogens is 399 g/mol. The van der Waals surface area contributed by atoms with Gasteiger partial charge in [-0.1, -0.05) is 12.1 Å². The number of aliphatic imine (C=N–C) groups is 1. The fourth-order valence-electron chi connectivity index (χ4n) is 2.97. The summed E-state index contributed by atoms with van der Waals surface area (Å²) in [6.45, 7) is -2.53. The van der Waals surface area contributed by atoms with E-state index in [0.717, 1.165) is 6.42 Å². The second kappa shape index (κ2) is 11.0. The molecular formula is C18H25F5N4O2. The lowest BCUT2D eigenvalue weighted by Crippen LogP contribution is -2.45. The van der Waals surface area contributed by atoms with Gasteiger partial charge >= 0.3 is 12.8 Å². The third kappa shape index (κ3) is 8.30. The number of benzene rings is 1. The molecule has 1 unspecified atom stereocenters. The van der Waals surface area contributed by atoms with Crippen molar-refractivity contribution < 1.29 is 31.4 Å². The summed E-state index contributed by atoms with van der Waals surface area (Å²) in [6.07, 6.45) is -3.16. The van der Waals surface area contributed by atoms with Crippen LogP contribution in [0.1, 0.15) is 12.8 Å². The summed E-state index contributed by atoms with van der Waals surface area (Å²) in [7, 11) is 1.59. The second-order valence-corrected chi connectivity index (χ2v) is 6.44. The van der Waals surface area contributed by atoms with Gasteiger partial charge in [-0.25, -0.2) is 0 Å². The molecule has 2 N–H and O–H groups in total. The van der Waals surface area contributed by atoms with Crippen molar-refractivity contribution in [2.45, 2.75) is 31.7 Å². The van der Waals surface area contributed by atoms with Crippen LogP contribution in [0.25, 0.3) is 0 Å². The Balaban J connectivity index is 1.76. The van der Waals surface area contributed by atoms with Gasteiger partial charge in [-0.15, -0.1) is 0 Å². The summed E-state index contributed by atoms with van der Waals surface area (Å²) in [6, 6.07) is 6.66. The number of alkyl halides is 5. The van der Waals surface area contributed by atoms with Gasteiger partial charge in [0.05, 0.1) is 5.69 Å². The van der Waals surface area contributed by atoms with Crippen LogP contribution in [0.5, 0.6) is 5.75 Å². The standard InChI is InChI=1S/C18H25F5N4O2/c1-24-17(25-8-4-10-28-12-18(21,22)23)26-13-7-9-27(11-13)14-5-2-3-6-15(14)29-16(19)20/h2-3,5-6,13,16H,4,7-12H2,1H3,(H2,24,25,26). The molecule has 0 aromatic heterocycles. The highest BCUT2D eigenvalue weighted by Crippen LogP contribution is 2.31. The quantitative estimate of drug-likeness (QED) is 0.276. The molecule has 1 aliphatic heterocycles. The highest BCUT2D eigenvalue weighted by molar-refractivity contribution is 5.80. The molecule has 164 valence electrons. The Labute approximate surface area is 166 Å². The summed E-state index contributed by atoms with van der Waals surface area (Å²) in [5.74, 6) is 0.648. The first-order valence-electron chi connectivity index (χ1n) is 9.19. The van der Waals surface area contributed by atoms with Crippen LogP contribution >= 0.6 is 0 Å². The zero-order valence-corrected chi connectivity index (χ0v) is 16.0. The number of rotatable bonds is 9. The zero-order valence-electron chi connectivity index (χ0n) is 16.0. The molecule has 1 aromatic rings. The molecule has 1 atom stereocenters. The monoisotopic (exact) mass is 424 g/mol. The Bertz CT molecular complexity index is 657. The molecule has 6 nitrogen and oxygen atoms in total. The summed E-state index contributed by atoms with van der Waals surface area (Å²) in [4.78, 5) is 6.05. The molecule has 1 saturated heterocycles. The first-order chi connectivity index (χ1) is 13.8. The smallest absolute Gasteiger partial charge is 0.411 e. The summed E-state index contributed by atoms with van der Waals surface area (Å²) < 4.78 is 70.3. The Morgan fingerprint density at radius 2 is 2.07 bits per heavy atom. The Kier molecular flexibility index (Phi) is 8.74. The first-order valence-corrected chi connectivity index (χ1v) is 9.19. The fraction of sp³-hybridized carbons (Fsp3) is 0.611. The largest absolute Gasteiger partial charge is 0.433 e. The Morgan fingerprint density at radius 3 is 2.76 bits per heavy atom. The van der Waals surface area contributed by atoms with Gasteiger partial charge in [-0.05, 0) is 25.0 Å². The van der Waals surface area contributed by atoms with Gasteiger partial charge in [-0.2, -0.15) is 22.0 Å². The van der Waals surface area contributed by atoms with E-state index in [4.69, 9.17) is 0 Å². The van der Waals surface area contributed by atoms with Crippen molar-refractivity contribution in [2.75, 3.05) is 44.8 Å². The number of para-hydroxylation sites is 2. The molecule has 1 heterocycles. The molecule has 2 rings (SSSR count). The number of nitrogens with one attached hydrogen (secondary N) is 2. The maximum atomic E-state index is 12.6. The lowest BCUT2D eigenvalue weighted by atomic mass is 10.2. The van der Waals surface area contributed by atoms with Crippen LogP contribution in [0, 0.1) is 0 Å². The molecule has 0 radical (unpaired) electrons. The van der Waals surface area contributed by atoms with Crippen LogP contribution < -0.4 is 20.3 Å². The molecule has 11 heteroatoms. The summed E-state index contributed by atoms with van der Waals surface area (Å²) >= 11 is 0. The van der Waals surface area contributed by atoms with E-state index in [-0.39, 0.29) is 18.4 Å². The van der Waals surface area contributed by atoms with Gasteiger partial charge in [0, 0.05) is 39.3 Å². The van der Waals surface area contributed by atoms with Gasteiger partial charge < -0.3 is 25.0 Å². The minimum Gasteiger partial charge on any atom is -0.433 e. The van der Waals surface area contributed by atoms with E-state index < -0.39 is 19.4 Å². The molecule has 0 aliphatic carbocycles. The van der Waals surface area contributed by atoms with E-state index in [1.807, 2.05) is 4.90 Å². The predicted octanol–water partition coefficient (Wildman–Crippen LogP) is 3.00. The van der Waals surface area contributed by atoms with Crippen LogP contribution in [0.4, 0.5) is 27.6 Å². The average molecular weight is 424 g/mol. The third-order valence-electron chi connectivity index (χ3n) is 4.20. The van der Waals surface area contributed by atoms with Crippen molar-refractivity contribution in [2.24, 2.45) is 4.99 Å². The van der Waals surface area contributed by atoms with Crippen LogP contribution in [0.3, 0.4) is 0 Å². The van der Waals surface area contributed by atoms with Gasteiger partial charge in [0.2, 0.25) is 0 Å². The van der Waals surface area contributed by atoms with Crippen molar-refractivity contribution >= 4 is 11.6 Å². The number of hydrogen-bond acceptors (Lipinski definition) is 4. The summed E-state index contributed by atoms with van der Waals surface area (Å²) in [5.41, 5.74) is 0.599. The molecule has 1 aliphatic rings. The molecule has 0 amide bonds. The lowest BCUT2D eigenvalue weighted by Gasteiger charge is -2.22. The van der Waals surface area contributed by atoms with Crippen LogP contribution in [-0.4, -0.2) is 64.7 Å². The number of hydrogen-bond donors (Lipinski definition) is 2. The van der Waals surface area contributed by atoms with Gasteiger partial charge in [-0.3, -0.25) is 4.99 Å². The maximum Gasteiger partial charge on any atom is 0.411 e. The van der Waals surface area contributed by atoms with Crippen molar-refractivity contribution in [1.82, 2.24) is 10.6 Å². The molecule has 1 fully saturated rings. The minimum atomic E-state index is -4.32. The molecule has 1 aromatic carbocycles. The Morgan fingerprint density at radius 1 is 1.31 bits per heavy atom. The Hall–Kier alpha value is -2.30. The molecule has 0 spiro atoms. The highest BCUT2D eigenvalue weighted by atomic mass is 19.4.